The third-order valence-corrected chi connectivity index (χ3v) is 15.0. The molecule has 2 heterocycles. The monoisotopic (exact) mass is 1410 g/mol. The summed E-state index contributed by atoms with van der Waals surface area (Å²) in [4.78, 5) is 0. The van der Waals surface area contributed by atoms with E-state index in [9.17, 15) is 0 Å². The van der Waals surface area contributed by atoms with Crippen LogP contribution < -0.4 is 64.6 Å². The van der Waals surface area contributed by atoms with Gasteiger partial charge < -0.3 is 83.6 Å². The predicted molar refractivity (Wildman–Crippen MR) is 442 cm³/mol. The highest BCUT2D eigenvalue weighted by atomic mass is 16.5. The summed E-state index contributed by atoms with van der Waals surface area (Å²) in [5.74, 6) is 0.973. The molecule has 14 N–H and O–H groups in total. The van der Waals surface area contributed by atoms with Gasteiger partial charge in [0, 0.05) is 117 Å². The zero-order chi connectivity index (χ0) is 75.4. The van der Waals surface area contributed by atoms with Gasteiger partial charge in [-0.2, -0.15) is 0 Å². The Hall–Kier alpha value is -3.76. The lowest BCUT2D eigenvalue weighted by Gasteiger charge is -2.18. The van der Waals surface area contributed by atoms with E-state index in [-0.39, 0.29) is 0 Å². The Kier molecular flexibility index (Phi) is 93.8. The number of rotatable bonds is 32. The Morgan fingerprint density at radius 1 is 0.390 bits per heavy atom. The maximum atomic E-state index is 5.63. The van der Waals surface area contributed by atoms with Crippen LogP contribution in [0, 0.1) is 5.92 Å². The Labute approximate surface area is 619 Å². The molecule has 0 bridgehead atoms. The van der Waals surface area contributed by atoms with E-state index in [4.69, 9.17) is 30.4 Å². The van der Waals surface area contributed by atoms with Gasteiger partial charge in [-0.1, -0.05) is 237 Å². The van der Waals surface area contributed by atoms with Gasteiger partial charge in [-0.15, -0.1) is 0 Å². The van der Waals surface area contributed by atoms with Crippen molar-refractivity contribution < 1.29 is 18.9 Å². The number of methoxy groups -OCH3 is 4. The molecule has 7 rings (SSSR count). The van der Waals surface area contributed by atoms with Crippen LogP contribution in [0.4, 0.5) is 0 Å². The molecule has 16 nitrogen and oxygen atoms in total. The molecule has 2 aliphatic heterocycles. The number of likely N-dealkylation sites (N-methyl/N-ethyl adjacent to an activating group) is 1. The second-order valence-corrected chi connectivity index (χ2v) is 26.5. The molecule has 0 amide bonds. The van der Waals surface area contributed by atoms with E-state index < -0.39 is 0 Å². The third kappa shape index (κ3) is 96.3. The molecule has 0 aromatic heterocycles. The van der Waals surface area contributed by atoms with Crippen molar-refractivity contribution in [3.8, 4) is 0 Å². The average Bonchev–Trinajstić information content (AvgIpc) is 3.53. The lowest BCUT2D eigenvalue weighted by Crippen LogP contribution is -2.30. The average molecular weight is 1410 g/mol. The molecule has 586 valence electrons. The lowest BCUT2D eigenvalue weighted by atomic mass is 9.97. The van der Waals surface area contributed by atoms with Crippen molar-refractivity contribution in [2.45, 2.75) is 256 Å². The number of hydrogen-bond donors (Lipinski definition) is 12. The summed E-state index contributed by atoms with van der Waals surface area (Å²) < 4.78 is 19.2. The SMILES string of the molecule is CC(C)NCc1ccccc1.CC1CCCCN1.CC1CCNCC1.CCC(C)N.CCCNC(C)C.CCCNCCC.CCNCCOC.CCNCc1ccccc1.COCCNC(C)C.COCCNCCOC.NC1CCCCC1.c1ccc(CNCc2ccccc2)cc1. The molecule has 16 heteroatoms. The van der Waals surface area contributed by atoms with Crippen LogP contribution in [0.25, 0.3) is 0 Å². The maximum Gasteiger partial charge on any atom is 0.0587 e. The molecule has 0 spiro atoms. The molecule has 1 aliphatic carbocycles. The van der Waals surface area contributed by atoms with Crippen molar-refractivity contribution >= 4 is 0 Å². The number of ether oxygens (including phenoxy) is 4. The summed E-state index contributed by atoms with van der Waals surface area (Å²) in [6, 6.07) is 45.3. The van der Waals surface area contributed by atoms with Crippen LogP contribution in [-0.4, -0.2) is 170 Å². The summed E-state index contributed by atoms with van der Waals surface area (Å²) >= 11 is 0. The Balaban J connectivity index is -0.000000332. The number of hydrogen-bond acceptors (Lipinski definition) is 16. The van der Waals surface area contributed by atoms with Crippen molar-refractivity contribution in [2.75, 3.05) is 133 Å². The van der Waals surface area contributed by atoms with Crippen molar-refractivity contribution in [2.24, 2.45) is 17.4 Å². The smallest absolute Gasteiger partial charge is 0.0587 e. The standard InChI is InChI=1S/C14H15N.C10H15N.C9H13N.C6H15NO2.C6H15NO.3C6H13N.2C6H15N.C5H13NO.C4H11N/c1-3-7-13(8-4-1)11-15-12-14-9-5-2-6-10-14;1-9(2)11-8-10-6-4-3-5-7-10;1-2-10-8-9-6-4-3-5-7-9;1-8-5-3-7-4-6-9-2;1-6(2)7-4-5-8-3;1-6-2-4-7-5-3-6;1-6-4-2-3-5-7-6;7-6-4-2-1-3-5-6;1-4-5-7-6(2)3;1-3-5-7-6-4-2;1-3-6-4-5-7-2;1-3-4(2)5/h1-10,15H,11-12H2;3-7,9,11H,8H2,1-2H3;3-7,10H,2,8H2,1H3;7H,3-6H2,1-2H3;6-7H,4-5H2,1-3H3;2*6-7H,2-5H2,1H3;6H,1-5,7H2;6-7H,4-5H2,1-3H3;7H,3-6H2,1-2H3;6H,3-5H2,1-2H3;4H,3,5H2,1-2H3. The molecule has 1 saturated carbocycles. The molecule has 2 saturated heterocycles. The van der Waals surface area contributed by atoms with Gasteiger partial charge in [0.1, 0.15) is 0 Å². The predicted octanol–water partition coefficient (Wildman–Crippen LogP) is 14.7. The molecular formula is C84H166N12O4. The van der Waals surface area contributed by atoms with Crippen molar-refractivity contribution in [3.63, 3.8) is 0 Å². The molecule has 4 aromatic carbocycles. The second kappa shape index (κ2) is 89.5. The summed E-state index contributed by atoms with van der Waals surface area (Å²) in [5, 5.41) is 32.8. The first-order chi connectivity index (χ1) is 48.4. The van der Waals surface area contributed by atoms with Gasteiger partial charge in [0.25, 0.3) is 0 Å². The highest BCUT2D eigenvalue weighted by Gasteiger charge is 2.07. The van der Waals surface area contributed by atoms with Crippen LogP contribution >= 0.6 is 0 Å². The van der Waals surface area contributed by atoms with Crippen molar-refractivity contribution in [3.05, 3.63) is 144 Å². The third-order valence-electron chi connectivity index (χ3n) is 15.0. The fourth-order valence-corrected chi connectivity index (χ4v) is 8.64. The van der Waals surface area contributed by atoms with E-state index in [1.165, 1.54) is 138 Å². The minimum Gasteiger partial charge on any atom is -0.383 e. The van der Waals surface area contributed by atoms with Crippen LogP contribution in [0.3, 0.4) is 0 Å². The van der Waals surface area contributed by atoms with Crippen LogP contribution in [0.2, 0.25) is 0 Å². The van der Waals surface area contributed by atoms with Crippen LogP contribution in [0.5, 0.6) is 0 Å². The van der Waals surface area contributed by atoms with Gasteiger partial charge in [-0.25, -0.2) is 0 Å². The number of nitrogens with one attached hydrogen (secondary N) is 10. The van der Waals surface area contributed by atoms with E-state index in [1.54, 1.807) is 28.4 Å². The van der Waals surface area contributed by atoms with Gasteiger partial charge in [0.15, 0.2) is 0 Å². The van der Waals surface area contributed by atoms with Gasteiger partial charge in [0.05, 0.1) is 26.4 Å². The molecule has 4 aromatic rings. The second-order valence-electron chi connectivity index (χ2n) is 26.5. The fraction of sp³-hybridized carbons (Fsp3) is 0.714. The Morgan fingerprint density at radius 2 is 0.740 bits per heavy atom. The molecule has 2 atom stereocenters. The first-order valence-corrected chi connectivity index (χ1v) is 39.2. The Bertz CT molecular complexity index is 1900. The van der Waals surface area contributed by atoms with Gasteiger partial charge >= 0.3 is 0 Å². The van der Waals surface area contributed by atoms with Crippen molar-refractivity contribution in [1.29, 1.82) is 0 Å². The molecular weight excluding hydrogens is 1240 g/mol. The quantitative estimate of drug-likeness (QED) is 0.0205. The van der Waals surface area contributed by atoms with Crippen LogP contribution in [0.1, 0.15) is 216 Å². The van der Waals surface area contributed by atoms with E-state index in [0.717, 1.165) is 117 Å². The zero-order valence-electron chi connectivity index (χ0n) is 68.4. The highest BCUT2D eigenvalue weighted by Crippen LogP contribution is 2.15. The summed E-state index contributed by atoms with van der Waals surface area (Å²) in [7, 11) is 6.80. The van der Waals surface area contributed by atoms with Gasteiger partial charge in [-0.3, -0.25) is 0 Å². The van der Waals surface area contributed by atoms with E-state index in [0.29, 0.717) is 30.2 Å². The largest absolute Gasteiger partial charge is 0.383 e. The zero-order valence-corrected chi connectivity index (χ0v) is 68.4. The van der Waals surface area contributed by atoms with Gasteiger partial charge in [0.2, 0.25) is 0 Å². The van der Waals surface area contributed by atoms with Gasteiger partial charge in [-0.05, 0) is 159 Å². The molecule has 3 aliphatic rings. The number of piperidine rings is 2. The van der Waals surface area contributed by atoms with Crippen LogP contribution in [0.15, 0.2) is 121 Å². The fourth-order valence-electron chi connectivity index (χ4n) is 8.64. The van der Waals surface area contributed by atoms with Crippen molar-refractivity contribution in [1.82, 2.24) is 53.2 Å². The molecule has 100 heavy (non-hydrogen) atoms. The number of nitrogens with two attached hydrogens (primary N) is 2. The summed E-state index contributed by atoms with van der Waals surface area (Å²) in [6.45, 7) is 52.2. The number of benzene rings is 4. The summed E-state index contributed by atoms with van der Waals surface area (Å²) in [6.07, 6.45) is 18.4. The molecule has 0 radical (unpaired) electrons. The topological polar surface area (TPSA) is 209 Å². The van der Waals surface area contributed by atoms with E-state index in [2.05, 4.69) is 247 Å². The minimum absolute atomic E-state index is 0.384. The summed E-state index contributed by atoms with van der Waals surface area (Å²) in [5.41, 5.74) is 16.3. The first-order valence-electron chi connectivity index (χ1n) is 39.2. The van der Waals surface area contributed by atoms with Crippen LogP contribution in [-0.2, 0) is 45.1 Å². The van der Waals surface area contributed by atoms with E-state index in [1.807, 2.05) is 31.2 Å². The highest BCUT2D eigenvalue weighted by molar-refractivity contribution is 5.17. The minimum atomic E-state index is 0.384. The molecule has 3 fully saturated rings. The normalized spacial score (nSPS) is 14.0. The molecule has 2 unspecified atom stereocenters. The Morgan fingerprint density at radius 3 is 1.02 bits per heavy atom. The lowest BCUT2D eigenvalue weighted by molar-refractivity contribution is 0.180. The van der Waals surface area contributed by atoms with E-state index >= 15 is 0 Å². The maximum absolute atomic E-state index is 5.63. The first kappa shape index (κ1) is 105.